The van der Waals surface area contributed by atoms with Gasteiger partial charge in [0.2, 0.25) is 17.6 Å². The highest BCUT2D eigenvalue weighted by molar-refractivity contribution is 6.30. The van der Waals surface area contributed by atoms with Crippen LogP contribution in [0.1, 0.15) is 18.2 Å². The number of aromatic nitrogens is 2. The Kier molecular flexibility index (Phi) is 4.92. The van der Waals surface area contributed by atoms with Gasteiger partial charge in [-0.2, -0.15) is 4.98 Å². The number of carbonyl (C=O) groups excluding carboxylic acids is 1. The van der Waals surface area contributed by atoms with Crippen molar-refractivity contribution in [1.82, 2.24) is 10.1 Å². The van der Waals surface area contributed by atoms with E-state index < -0.39 is 0 Å². The highest BCUT2D eigenvalue weighted by Gasteiger charge is 2.35. The summed E-state index contributed by atoms with van der Waals surface area (Å²) in [5.41, 5.74) is 1.54. The van der Waals surface area contributed by atoms with Gasteiger partial charge in [0.05, 0.1) is 20.1 Å². The second kappa shape index (κ2) is 7.52. The Balaban J connectivity index is 1.55. The number of hydrogen-bond donors (Lipinski definition) is 0. The fraction of sp³-hybridized carbons (Fsp3) is 0.250. The Hall–Kier alpha value is -3.06. The van der Waals surface area contributed by atoms with Crippen molar-refractivity contribution in [3.8, 4) is 22.9 Å². The van der Waals surface area contributed by atoms with Crippen molar-refractivity contribution in [3.63, 3.8) is 0 Å². The molecular weight excluding hydrogens is 382 g/mol. The van der Waals surface area contributed by atoms with Crippen molar-refractivity contribution >= 4 is 23.2 Å². The summed E-state index contributed by atoms with van der Waals surface area (Å²) in [5.74, 6) is 1.92. The van der Waals surface area contributed by atoms with Crippen molar-refractivity contribution in [2.24, 2.45) is 0 Å². The number of carbonyl (C=O) groups is 1. The van der Waals surface area contributed by atoms with Crippen LogP contribution < -0.4 is 14.4 Å². The summed E-state index contributed by atoms with van der Waals surface area (Å²) in [6.07, 6.45) is 0.302. The molecule has 144 valence electrons. The molecule has 1 aliphatic heterocycles. The van der Waals surface area contributed by atoms with Crippen LogP contribution in [0.4, 0.5) is 5.69 Å². The second-order valence-corrected chi connectivity index (χ2v) is 6.84. The molecule has 28 heavy (non-hydrogen) atoms. The first-order valence-electron chi connectivity index (χ1n) is 8.71. The van der Waals surface area contributed by atoms with Gasteiger partial charge in [-0.3, -0.25) is 4.79 Å². The van der Waals surface area contributed by atoms with Crippen molar-refractivity contribution < 1.29 is 18.8 Å². The number of methoxy groups -OCH3 is 2. The van der Waals surface area contributed by atoms with E-state index in [1.165, 1.54) is 0 Å². The lowest BCUT2D eigenvalue weighted by Crippen LogP contribution is -2.24. The molecule has 0 spiro atoms. The molecule has 0 radical (unpaired) electrons. The molecule has 1 aliphatic rings. The van der Waals surface area contributed by atoms with Gasteiger partial charge in [-0.1, -0.05) is 16.8 Å². The zero-order chi connectivity index (χ0) is 19.7. The number of benzene rings is 2. The van der Waals surface area contributed by atoms with Gasteiger partial charge >= 0.3 is 0 Å². The minimum Gasteiger partial charge on any atom is -0.493 e. The monoisotopic (exact) mass is 399 g/mol. The molecule has 0 saturated carbocycles. The average molecular weight is 400 g/mol. The van der Waals surface area contributed by atoms with E-state index in [-0.39, 0.29) is 11.8 Å². The molecule has 1 amide bonds. The van der Waals surface area contributed by atoms with Crippen LogP contribution in [0.3, 0.4) is 0 Å². The van der Waals surface area contributed by atoms with Gasteiger partial charge in [-0.05, 0) is 36.4 Å². The van der Waals surface area contributed by atoms with E-state index >= 15 is 0 Å². The third-order valence-electron chi connectivity index (χ3n) is 4.70. The Morgan fingerprint density at radius 2 is 1.86 bits per heavy atom. The highest BCUT2D eigenvalue weighted by Crippen LogP contribution is 2.36. The summed E-state index contributed by atoms with van der Waals surface area (Å²) in [5, 5.41) is 4.68. The van der Waals surface area contributed by atoms with Gasteiger partial charge < -0.3 is 18.9 Å². The maximum Gasteiger partial charge on any atom is 0.232 e. The summed E-state index contributed by atoms with van der Waals surface area (Å²) in [7, 11) is 3.13. The van der Waals surface area contributed by atoms with Crippen molar-refractivity contribution in [2.75, 3.05) is 25.7 Å². The topological polar surface area (TPSA) is 77.7 Å². The van der Waals surface area contributed by atoms with E-state index in [4.69, 9.17) is 25.6 Å². The van der Waals surface area contributed by atoms with Crippen molar-refractivity contribution in [3.05, 3.63) is 53.4 Å². The van der Waals surface area contributed by atoms with E-state index in [1.54, 1.807) is 43.4 Å². The van der Waals surface area contributed by atoms with E-state index in [0.29, 0.717) is 41.2 Å². The maximum absolute atomic E-state index is 12.6. The summed E-state index contributed by atoms with van der Waals surface area (Å²) in [6, 6.07) is 12.6. The molecule has 8 heteroatoms. The number of anilines is 1. The number of ether oxygens (including phenoxy) is 2. The Labute approximate surface area is 166 Å². The zero-order valence-corrected chi connectivity index (χ0v) is 16.1. The third kappa shape index (κ3) is 3.41. The van der Waals surface area contributed by atoms with Crippen LogP contribution in [0.2, 0.25) is 5.02 Å². The lowest BCUT2D eigenvalue weighted by Gasteiger charge is -2.18. The third-order valence-corrected chi connectivity index (χ3v) is 4.95. The summed E-state index contributed by atoms with van der Waals surface area (Å²) in [6.45, 7) is 0.455. The van der Waals surface area contributed by atoms with Crippen LogP contribution in [0.15, 0.2) is 47.0 Å². The first kappa shape index (κ1) is 18.3. The highest BCUT2D eigenvalue weighted by atomic mass is 35.5. The van der Waals surface area contributed by atoms with Crippen LogP contribution in [-0.4, -0.2) is 36.8 Å². The van der Waals surface area contributed by atoms with Gasteiger partial charge in [-0.15, -0.1) is 0 Å². The quantitative estimate of drug-likeness (QED) is 0.647. The lowest BCUT2D eigenvalue weighted by molar-refractivity contribution is -0.117. The predicted molar refractivity (Wildman–Crippen MR) is 104 cm³/mol. The molecule has 2 aromatic carbocycles. The van der Waals surface area contributed by atoms with Crippen molar-refractivity contribution in [1.29, 1.82) is 0 Å². The fourth-order valence-electron chi connectivity index (χ4n) is 3.23. The number of amides is 1. The number of nitrogens with zero attached hydrogens (tertiary/aromatic N) is 3. The fourth-order valence-corrected chi connectivity index (χ4v) is 3.36. The van der Waals surface area contributed by atoms with E-state index in [9.17, 15) is 4.79 Å². The molecule has 0 unspecified atom stereocenters. The van der Waals surface area contributed by atoms with Gasteiger partial charge in [0.1, 0.15) is 0 Å². The van der Waals surface area contributed by atoms with Crippen molar-refractivity contribution in [2.45, 2.75) is 12.3 Å². The molecule has 2 heterocycles. The second-order valence-electron chi connectivity index (χ2n) is 6.41. The molecule has 7 nitrogen and oxygen atoms in total. The summed E-state index contributed by atoms with van der Waals surface area (Å²) >= 11 is 5.91. The number of rotatable bonds is 5. The molecule has 1 saturated heterocycles. The Bertz CT molecular complexity index is 1000. The minimum atomic E-state index is -0.172. The van der Waals surface area contributed by atoms with E-state index in [2.05, 4.69) is 10.1 Å². The molecule has 3 aromatic rings. The molecule has 1 aromatic heterocycles. The largest absolute Gasteiger partial charge is 0.493 e. The van der Waals surface area contributed by atoms with E-state index in [1.807, 2.05) is 18.2 Å². The van der Waals surface area contributed by atoms with Crippen LogP contribution in [0, 0.1) is 0 Å². The van der Waals surface area contributed by atoms with Gasteiger partial charge in [0.25, 0.3) is 0 Å². The first-order valence-corrected chi connectivity index (χ1v) is 9.08. The molecular formula is C20H18ClN3O4. The molecule has 0 bridgehead atoms. The summed E-state index contributed by atoms with van der Waals surface area (Å²) in [4.78, 5) is 18.7. The average Bonchev–Trinajstić information content (AvgIpc) is 3.35. The standard InChI is InChI=1S/C20H18ClN3O4/c1-26-16-8-7-15(10-17(16)27-2)24-11-13(9-18(24)25)20-22-19(23-28-20)12-3-5-14(21)6-4-12/h3-8,10,13H,9,11H2,1-2H3/t13-/m1/s1. The molecule has 0 aliphatic carbocycles. The maximum atomic E-state index is 12.6. The molecule has 1 atom stereocenters. The zero-order valence-electron chi connectivity index (χ0n) is 15.4. The van der Waals surface area contributed by atoms with Crippen LogP contribution >= 0.6 is 11.6 Å². The van der Waals surface area contributed by atoms with Gasteiger partial charge in [0, 0.05) is 35.3 Å². The molecule has 1 fully saturated rings. The summed E-state index contributed by atoms with van der Waals surface area (Å²) < 4.78 is 16.0. The van der Waals surface area contributed by atoms with E-state index in [0.717, 1.165) is 11.3 Å². The normalized spacial score (nSPS) is 16.5. The molecule has 4 rings (SSSR count). The molecule has 0 N–H and O–H groups in total. The number of hydrogen-bond acceptors (Lipinski definition) is 6. The predicted octanol–water partition coefficient (Wildman–Crippen LogP) is 3.93. The smallest absolute Gasteiger partial charge is 0.232 e. The number of halogens is 1. The van der Waals surface area contributed by atoms with Gasteiger partial charge in [-0.25, -0.2) is 0 Å². The van der Waals surface area contributed by atoms with Gasteiger partial charge in [0.15, 0.2) is 11.5 Å². The lowest BCUT2D eigenvalue weighted by atomic mass is 10.1. The Morgan fingerprint density at radius 3 is 2.57 bits per heavy atom. The first-order chi connectivity index (χ1) is 13.6. The SMILES string of the molecule is COc1ccc(N2C[C@H](c3nc(-c4ccc(Cl)cc4)no3)CC2=O)cc1OC. The van der Waals surface area contributed by atoms with Crippen LogP contribution in [-0.2, 0) is 4.79 Å². The minimum absolute atomic E-state index is 0.0107. The van der Waals surface area contributed by atoms with Crippen LogP contribution in [0.5, 0.6) is 11.5 Å². The van der Waals surface area contributed by atoms with Crippen LogP contribution in [0.25, 0.3) is 11.4 Å². The Morgan fingerprint density at radius 1 is 1.11 bits per heavy atom.